The van der Waals surface area contributed by atoms with Crippen molar-refractivity contribution >= 4 is 5.78 Å². The molecule has 1 rings (SSSR count). The van der Waals surface area contributed by atoms with E-state index in [1.165, 1.54) is 12.1 Å². The molecule has 0 radical (unpaired) electrons. The smallest absolute Gasteiger partial charge is 0.157 e. The highest BCUT2D eigenvalue weighted by atomic mass is 19.1. The summed E-state index contributed by atoms with van der Waals surface area (Å²) in [4.78, 5) is 11.4. The van der Waals surface area contributed by atoms with Gasteiger partial charge in [-0.15, -0.1) is 0 Å². The molecule has 0 fully saturated rings. The average molecular weight is 236 g/mol. The molecule has 1 atom stereocenters. The second-order valence-corrected chi connectivity index (χ2v) is 3.88. The number of rotatable bonds is 6. The Balaban J connectivity index is 2.60. The normalized spacial score (nSPS) is 12.9. The van der Waals surface area contributed by atoms with E-state index in [2.05, 4.69) is 0 Å². The van der Waals surface area contributed by atoms with Crippen LogP contribution in [0.3, 0.4) is 0 Å². The summed E-state index contributed by atoms with van der Waals surface area (Å²) >= 11 is 0. The quantitative estimate of drug-likeness (QED) is 0.709. The lowest BCUT2D eigenvalue weighted by molar-refractivity contribution is -0.115. The van der Waals surface area contributed by atoms with Gasteiger partial charge in [-0.3, -0.25) is 4.79 Å². The monoisotopic (exact) mass is 236 g/mol. The van der Waals surface area contributed by atoms with E-state index in [4.69, 9.17) is 4.74 Å². The van der Waals surface area contributed by atoms with Gasteiger partial charge in [-0.1, -0.05) is 31.2 Å². The summed E-state index contributed by atoms with van der Waals surface area (Å²) < 4.78 is 18.2. The largest absolute Gasteiger partial charge is 0.384 e. The van der Waals surface area contributed by atoms with Gasteiger partial charge in [-0.25, -0.2) is 4.39 Å². The van der Waals surface area contributed by atoms with Gasteiger partial charge in [-0.2, -0.15) is 0 Å². The highest BCUT2D eigenvalue weighted by Gasteiger charge is 2.07. The number of allylic oxidation sites excluding steroid dienone is 2. The number of hydrogen-bond donors (Lipinski definition) is 0. The molecule has 0 N–H and O–H groups in total. The first kappa shape index (κ1) is 13.6. The summed E-state index contributed by atoms with van der Waals surface area (Å²) in [7, 11) is 1.55. The average Bonchev–Trinajstić information content (AvgIpc) is 2.34. The molecule has 0 heterocycles. The Morgan fingerprint density at radius 2 is 2.18 bits per heavy atom. The fourth-order valence-electron chi connectivity index (χ4n) is 1.49. The van der Waals surface area contributed by atoms with E-state index in [1.54, 1.807) is 31.4 Å². The molecule has 3 heteroatoms. The van der Waals surface area contributed by atoms with E-state index in [9.17, 15) is 9.18 Å². The molecule has 0 aliphatic heterocycles. The van der Waals surface area contributed by atoms with Crippen molar-refractivity contribution in [1.29, 1.82) is 0 Å². The highest BCUT2D eigenvalue weighted by Crippen LogP contribution is 2.19. The molecule has 0 saturated carbocycles. The summed E-state index contributed by atoms with van der Waals surface area (Å²) in [6.45, 7) is 2.27. The van der Waals surface area contributed by atoms with E-state index in [1.807, 2.05) is 6.92 Å². The predicted octanol–water partition coefficient (Wildman–Crippen LogP) is 3.09. The lowest BCUT2D eigenvalue weighted by Crippen LogP contribution is -2.00. The SMILES string of the molecule is COCCC(=O)/C=C/C(C)c1ccccc1F. The molecule has 92 valence electrons. The molecule has 1 aromatic carbocycles. The number of carbonyl (C=O) groups is 1. The van der Waals surface area contributed by atoms with Gasteiger partial charge in [0, 0.05) is 19.4 Å². The first-order valence-electron chi connectivity index (χ1n) is 5.59. The molecule has 0 saturated heterocycles. The van der Waals surface area contributed by atoms with E-state index < -0.39 is 0 Å². The molecule has 0 bridgehead atoms. The Hall–Kier alpha value is -1.48. The van der Waals surface area contributed by atoms with Crippen molar-refractivity contribution in [2.24, 2.45) is 0 Å². The maximum absolute atomic E-state index is 13.4. The summed E-state index contributed by atoms with van der Waals surface area (Å²) in [5.74, 6) is -0.355. The third kappa shape index (κ3) is 4.49. The van der Waals surface area contributed by atoms with Crippen molar-refractivity contribution < 1.29 is 13.9 Å². The van der Waals surface area contributed by atoms with Crippen LogP contribution >= 0.6 is 0 Å². The number of ketones is 1. The maximum atomic E-state index is 13.4. The molecule has 1 aromatic rings. The summed E-state index contributed by atoms with van der Waals surface area (Å²) in [6.07, 6.45) is 3.57. The van der Waals surface area contributed by atoms with Gasteiger partial charge in [0.05, 0.1) is 6.61 Å². The zero-order valence-electron chi connectivity index (χ0n) is 10.2. The van der Waals surface area contributed by atoms with Gasteiger partial charge >= 0.3 is 0 Å². The number of carbonyl (C=O) groups excluding carboxylic acids is 1. The Bertz CT molecular complexity index is 399. The van der Waals surface area contributed by atoms with Crippen molar-refractivity contribution in [3.05, 3.63) is 47.8 Å². The Labute approximate surface area is 101 Å². The Morgan fingerprint density at radius 3 is 2.82 bits per heavy atom. The van der Waals surface area contributed by atoms with Crippen LogP contribution in [0.4, 0.5) is 4.39 Å². The van der Waals surface area contributed by atoms with Crippen molar-refractivity contribution in [2.45, 2.75) is 19.3 Å². The van der Waals surface area contributed by atoms with Crippen LogP contribution in [0, 0.1) is 5.82 Å². The van der Waals surface area contributed by atoms with Crippen molar-refractivity contribution in [1.82, 2.24) is 0 Å². The van der Waals surface area contributed by atoms with E-state index in [0.29, 0.717) is 18.6 Å². The van der Waals surface area contributed by atoms with Crippen molar-refractivity contribution in [2.75, 3.05) is 13.7 Å². The van der Waals surface area contributed by atoms with Crippen LogP contribution in [0.1, 0.15) is 24.8 Å². The number of hydrogen-bond acceptors (Lipinski definition) is 2. The molecule has 2 nitrogen and oxygen atoms in total. The van der Waals surface area contributed by atoms with Crippen LogP contribution in [0.2, 0.25) is 0 Å². The van der Waals surface area contributed by atoms with E-state index in [-0.39, 0.29) is 17.5 Å². The number of halogens is 1. The number of methoxy groups -OCH3 is 1. The standard InChI is InChI=1S/C14H17FO2/c1-11(7-8-12(16)9-10-17-2)13-5-3-4-6-14(13)15/h3-8,11H,9-10H2,1-2H3/b8-7+. The predicted molar refractivity (Wildman–Crippen MR) is 65.5 cm³/mol. The van der Waals surface area contributed by atoms with Gasteiger partial charge < -0.3 is 4.74 Å². The molecule has 1 unspecified atom stereocenters. The van der Waals surface area contributed by atoms with Gasteiger partial charge in [-0.05, 0) is 17.7 Å². The molecule has 0 aromatic heterocycles. The number of ether oxygens (including phenoxy) is 1. The molecule has 0 spiro atoms. The Morgan fingerprint density at radius 1 is 1.47 bits per heavy atom. The van der Waals surface area contributed by atoms with Crippen LogP contribution in [0.5, 0.6) is 0 Å². The molecular formula is C14H17FO2. The van der Waals surface area contributed by atoms with Crippen molar-refractivity contribution in [3.8, 4) is 0 Å². The molecule has 0 aliphatic rings. The summed E-state index contributed by atoms with van der Waals surface area (Å²) in [6, 6.07) is 6.59. The van der Waals surface area contributed by atoms with Crippen molar-refractivity contribution in [3.63, 3.8) is 0 Å². The minimum Gasteiger partial charge on any atom is -0.384 e. The fraction of sp³-hybridized carbons (Fsp3) is 0.357. The molecule has 17 heavy (non-hydrogen) atoms. The summed E-state index contributed by atoms with van der Waals surface area (Å²) in [5.41, 5.74) is 0.600. The highest BCUT2D eigenvalue weighted by molar-refractivity contribution is 5.89. The molecule has 0 amide bonds. The third-order valence-corrected chi connectivity index (χ3v) is 2.52. The zero-order valence-corrected chi connectivity index (χ0v) is 10.2. The van der Waals surface area contributed by atoms with Crippen LogP contribution in [0.15, 0.2) is 36.4 Å². The first-order chi connectivity index (χ1) is 8.15. The first-order valence-corrected chi connectivity index (χ1v) is 5.59. The third-order valence-electron chi connectivity index (χ3n) is 2.52. The van der Waals surface area contributed by atoms with E-state index in [0.717, 1.165) is 0 Å². The Kier molecular flexibility index (Phi) is 5.57. The molecule has 0 aliphatic carbocycles. The maximum Gasteiger partial charge on any atom is 0.157 e. The lowest BCUT2D eigenvalue weighted by atomic mass is 9.99. The van der Waals surface area contributed by atoms with Crippen LogP contribution < -0.4 is 0 Å². The lowest BCUT2D eigenvalue weighted by Gasteiger charge is -2.07. The second kappa shape index (κ2) is 6.97. The van der Waals surface area contributed by atoms with Gasteiger partial charge in [0.25, 0.3) is 0 Å². The van der Waals surface area contributed by atoms with E-state index >= 15 is 0 Å². The minimum atomic E-state index is -0.242. The topological polar surface area (TPSA) is 26.3 Å². The van der Waals surface area contributed by atoms with Gasteiger partial charge in [0.15, 0.2) is 5.78 Å². The number of benzene rings is 1. The summed E-state index contributed by atoms with van der Waals surface area (Å²) in [5, 5.41) is 0. The zero-order chi connectivity index (χ0) is 12.7. The molecular weight excluding hydrogens is 219 g/mol. The van der Waals surface area contributed by atoms with Crippen LogP contribution in [-0.4, -0.2) is 19.5 Å². The van der Waals surface area contributed by atoms with Crippen LogP contribution in [-0.2, 0) is 9.53 Å². The van der Waals surface area contributed by atoms with Crippen LogP contribution in [0.25, 0.3) is 0 Å². The second-order valence-electron chi connectivity index (χ2n) is 3.88. The minimum absolute atomic E-state index is 0.00459. The van der Waals surface area contributed by atoms with Gasteiger partial charge in [0.1, 0.15) is 5.82 Å². The fourth-order valence-corrected chi connectivity index (χ4v) is 1.49. The van der Waals surface area contributed by atoms with Gasteiger partial charge in [0.2, 0.25) is 0 Å².